The molecule has 0 amide bonds. The summed E-state index contributed by atoms with van der Waals surface area (Å²) < 4.78 is 0. The van der Waals surface area contributed by atoms with Crippen LogP contribution in [-0.4, -0.2) is 11.1 Å². The third kappa shape index (κ3) is 4.09. The van der Waals surface area contributed by atoms with E-state index in [4.69, 9.17) is 5.11 Å². The van der Waals surface area contributed by atoms with E-state index in [0.29, 0.717) is 0 Å². The summed E-state index contributed by atoms with van der Waals surface area (Å²) in [5.41, 5.74) is 3.88. The van der Waals surface area contributed by atoms with Crippen molar-refractivity contribution >= 4 is 5.97 Å². The van der Waals surface area contributed by atoms with Crippen LogP contribution >= 0.6 is 0 Å². The lowest BCUT2D eigenvalue weighted by atomic mass is 9.81. The topological polar surface area (TPSA) is 37.3 Å². The van der Waals surface area contributed by atoms with E-state index in [9.17, 15) is 4.79 Å². The number of hydrogen-bond donors (Lipinski definition) is 1. The summed E-state index contributed by atoms with van der Waals surface area (Å²) in [7, 11) is 0. The van der Waals surface area contributed by atoms with Gasteiger partial charge in [0.2, 0.25) is 0 Å². The van der Waals surface area contributed by atoms with E-state index in [1.54, 1.807) is 0 Å². The van der Waals surface area contributed by atoms with Gasteiger partial charge in [0, 0.05) is 0 Å². The number of carbonyl (C=O) groups is 1. The van der Waals surface area contributed by atoms with Gasteiger partial charge in [-0.25, -0.2) is 0 Å². The van der Waals surface area contributed by atoms with Crippen LogP contribution in [0.15, 0.2) is 18.2 Å². The van der Waals surface area contributed by atoms with Crippen molar-refractivity contribution in [3.63, 3.8) is 0 Å². The number of carboxylic acids is 1. The zero-order valence-corrected chi connectivity index (χ0v) is 12.8. The highest BCUT2D eigenvalue weighted by Gasteiger charge is 2.20. The first-order valence-corrected chi connectivity index (χ1v) is 7.14. The minimum Gasteiger partial charge on any atom is -0.481 e. The van der Waals surface area contributed by atoms with E-state index in [2.05, 4.69) is 52.8 Å². The molecule has 106 valence electrons. The van der Waals surface area contributed by atoms with Crippen LogP contribution in [-0.2, 0) is 16.6 Å². The van der Waals surface area contributed by atoms with Gasteiger partial charge in [0.15, 0.2) is 0 Å². The van der Waals surface area contributed by atoms with Crippen molar-refractivity contribution in [2.24, 2.45) is 0 Å². The molecule has 1 rings (SSSR count). The molecule has 1 N–H and O–H groups in total. The van der Waals surface area contributed by atoms with Gasteiger partial charge in [-0.3, -0.25) is 4.79 Å². The van der Waals surface area contributed by atoms with Crippen LogP contribution in [0.3, 0.4) is 0 Å². The lowest BCUT2D eigenvalue weighted by Gasteiger charge is -2.24. The van der Waals surface area contributed by atoms with Crippen LogP contribution in [0.5, 0.6) is 0 Å². The molecule has 0 aliphatic rings. The normalized spacial score (nSPS) is 13.3. The fraction of sp³-hybridized carbons (Fsp3) is 0.588. The monoisotopic (exact) mass is 262 g/mol. The Morgan fingerprint density at radius 3 is 2.32 bits per heavy atom. The van der Waals surface area contributed by atoms with Crippen molar-refractivity contribution in [1.29, 1.82) is 0 Å². The maximum Gasteiger partial charge on any atom is 0.303 e. The second-order valence-electron chi connectivity index (χ2n) is 6.22. The average Bonchev–Trinajstić information content (AvgIpc) is 2.33. The fourth-order valence-corrected chi connectivity index (χ4v) is 2.45. The predicted octanol–water partition coefficient (Wildman–Crippen LogP) is 4.51. The summed E-state index contributed by atoms with van der Waals surface area (Å²) in [6.45, 7) is 10.8. The Morgan fingerprint density at radius 1 is 1.26 bits per heavy atom. The molecule has 1 aromatic rings. The van der Waals surface area contributed by atoms with Crippen molar-refractivity contribution < 1.29 is 9.90 Å². The molecule has 0 heterocycles. The summed E-state index contributed by atoms with van der Waals surface area (Å²) in [4.78, 5) is 11.0. The first kappa shape index (κ1) is 15.7. The van der Waals surface area contributed by atoms with Crippen LogP contribution < -0.4 is 0 Å². The van der Waals surface area contributed by atoms with E-state index in [1.165, 1.54) is 16.7 Å². The van der Waals surface area contributed by atoms with E-state index < -0.39 is 5.97 Å². The molecule has 0 saturated carbocycles. The van der Waals surface area contributed by atoms with Gasteiger partial charge in [-0.05, 0) is 40.9 Å². The molecular weight excluding hydrogens is 236 g/mol. The SMILES string of the molecule is CCc1ccc(C(C)(C)C)cc1C(CC)CC(=O)O. The second kappa shape index (κ2) is 6.23. The Hall–Kier alpha value is -1.31. The number of carboxylic acid groups (broad SMARTS) is 1. The number of hydrogen-bond acceptors (Lipinski definition) is 1. The van der Waals surface area contributed by atoms with Gasteiger partial charge in [0.05, 0.1) is 6.42 Å². The summed E-state index contributed by atoms with van der Waals surface area (Å²) >= 11 is 0. The van der Waals surface area contributed by atoms with Gasteiger partial charge in [-0.1, -0.05) is 52.8 Å². The van der Waals surface area contributed by atoms with Crippen LogP contribution in [0.4, 0.5) is 0 Å². The van der Waals surface area contributed by atoms with Crippen LogP contribution in [0, 0.1) is 0 Å². The molecule has 2 heteroatoms. The molecule has 19 heavy (non-hydrogen) atoms. The predicted molar refractivity (Wildman–Crippen MR) is 79.8 cm³/mol. The number of rotatable bonds is 5. The Morgan fingerprint density at radius 2 is 1.89 bits per heavy atom. The van der Waals surface area contributed by atoms with Crippen LogP contribution in [0.2, 0.25) is 0 Å². The Kier molecular flexibility index (Phi) is 5.16. The first-order chi connectivity index (χ1) is 8.79. The van der Waals surface area contributed by atoms with Crippen molar-refractivity contribution in [3.8, 4) is 0 Å². The van der Waals surface area contributed by atoms with E-state index in [0.717, 1.165) is 12.8 Å². The molecule has 0 saturated heterocycles. The largest absolute Gasteiger partial charge is 0.481 e. The minimum absolute atomic E-state index is 0.0997. The van der Waals surface area contributed by atoms with Crippen LogP contribution in [0.1, 0.15) is 70.1 Å². The molecule has 1 aromatic carbocycles. The number of aryl methyl sites for hydroxylation is 1. The number of benzene rings is 1. The molecule has 0 spiro atoms. The molecule has 1 unspecified atom stereocenters. The van der Waals surface area contributed by atoms with Crippen molar-refractivity contribution in [2.75, 3.05) is 0 Å². The summed E-state index contributed by atoms with van der Waals surface area (Å²) in [5, 5.41) is 9.07. The van der Waals surface area contributed by atoms with Crippen molar-refractivity contribution in [1.82, 2.24) is 0 Å². The molecule has 0 fully saturated rings. The Labute approximate surface area is 116 Å². The zero-order valence-electron chi connectivity index (χ0n) is 12.8. The smallest absolute Gasteiger partial charge is 0.303 e. The quantitative estimate of drug-likeness (QED) is 0.847. The van der Waals surface area contributed by atoms with Crippen molar-refractivity contribution in [2.45, 2.75) is 65.2 Å². The maximum atomic E-state index is 11.0. The summed E-state index contributed by atoms with van der Waals surface area (Å²) in [6.07, 6.45) is 2.04. The summed E-state index contributed by atoms with van der Waals surface area (Å²) in [6, 6.07) is 6.56. The number of aliphatic carboxylic acids is 1. The molecule has 0 aliphatic heterocycles. The van der Waals surface area contributed by atoms with Gasteiger partial charge in [0.25, 0.3) is 0 Å². The first-order valence-electron chi connectivity index (χ1n) is 7.14. The Balaban J connectivity index is 3.24. The summed E-state index contributed by atoms with van der Waals surface area (Å²) in [5.74, 6) is -0.593. The third-order valence-electron chi connectivity index (χ3n) is 3.75. The van der Waals surface area contributed by atoms with E-state index >= 15 is 0 Å². The minimum atomic E-state index is -0.713. The highest BCUT2D eigenvalue weighted by Crippen LogP contribution is 2.32. The van der Waals surface area contributed by atoms with Gasteiger partial charge in [0.1, 0.15) is 0 Å². The maximum absolute atomic E-state index is 11.0. The standard InChI is InChI=1S/C17H26O2/c1-6-12-8-9-14(17(3,4)5)11-15(12)13(7-2)10-16(18)19/h8-9,11,13H,6-7,10H2,1-5H3,(H,18,19). The van der Waals surface area contributed by atoms with Gasteiger partial charge in [-0.2, -0.15) is 0 Å². The highest BCUT2D eigenvalue weighted by molar-refractivity contribution is 5.68. The molecule has 0 aliphatic carbocycles. The molecule has 1 atom stereocenters. The molecule has 0 radical (unpaired) electrons. The van der Waals surface area contributed by atoms with Crippen molar-refractivity contribution in [3.05, 3.63) is 34.9 Å². The zero-order chi connectivity index (χ0) is 14.6. The lowest BCUT2D eigenvalue weighted by Crippen LogP contribution is -2.14. The molecule has 0 aromatic heterocycles. The molecular formula is C17H26O2. The van der Waals surface area contributed by atoms with Gasteiger partial charge in [-0.15, -0.1) is 0 Å². The average molecular weight is 262 g/mol. The van der Waals surface area contributed by atoms with Crippen LogP contribution in [0.25, 0.3) is 0 Å². The fourth-order valence-electron chi connectivity index (χ4n) is 2.45. The lowest BCUT2D eigenvalue weighted by molar-refractivity contribution is -0.137. The third-order valence-corrected chi connectivity index (χ3v) is 3.75. The van der Waals surface area contributed by atoms with Gasteiger partial charge >= 0.3 is 5.97 Å². The van der Waals surface area contributed by atoms with E-state index in [1.807, 2.05) is 0 Å². The Bertz CT molecular complexity index is 441. The van der Waals surface area contributed by atoms with E-state index in [-0.39, 0.29) is 17.8 Å². The highest BCUT2D eigenvalue weighted by atomic mass is 16.4. The van der Waals surface area contributed by atoms with Gasteiger partial charge < -0.3 is 5.11 Å². The molecule has 0 bridgehead atoms. The second-order valence-corrected chi connectivity index (χ2v) is 6.22. The molecule has 2 nitrogen and oxygen atoms in total.